The van der Waals surface area contributed by atoms with Crippen molar-refractivity contribution in [2.24, 2.45) is 0 Å². The van der Waals surface area contributed by atoms with Gasteiger partial charge in [0, 0.05) is 25.1 Å². The minimum absolute atomic E-state index is 0.195. The van der Waals surface area contributed by atoms with Crippen molar-refractivity contribution in [3.8, 4) is 0 Å². The summed E-state index contributed by atoms with van der Waals surface area (Å²) in [5.41, 5.74) is 2.08. The summed E-state index contributed by atoms with van der Waals surface area (Å²) in [5.74, 6) is -0.399. The van der Waals surface area contributed by atoms with Crippen molar-refractivity contribution in [3.63, 3.8) is 0 Å². The van der Waals surface area contributed by atoms with Crippen LogP contribution in [0.15, 0.2) is 52.9 Å². The molecule has 0 atom stereocenters. The fourth-order valence-electron chi connectivity index (χ4n) is 4.30. The van der Waals surface area contributed by atoms with Gasteiger partial charge in [-0.15, -0.1) is 11.3 Å². The van der Waals surface area contributed by atoms with E-state index in [9.17, 15) is 27.1 Å². The predicted molar refractivity (Wildman–Crippen MR) is 127 cm³/mol. The molecule has 0 saturated carbocycles. The minimum Gasteiger partial charge on any atom is -0.390 e. The maximum atomic E-state index is 13.0. The van der Waals surface area contributed by atoms with Crippen LogP contribution in [0.5, 0.6) is 0 Å². The zero-order chi connectivity index (χ0) is 24.3. The number of halogens is 2. The van der Waals surface area contributed by atoms with Crippen LogP contribution in [0.4, 0.5) is 8.78 Å². The molecule has 1 aliphatic heterocycles. The molecule has 2 heterocycles. The molecule has 0 aliphatic carbocycles. The lowest BCUT2D eigenvalue weighted by molar-refractivity contribution is -0.0269. The number of amides is 1. The van der Waals surface area contributed by atoms with E-state index in [1.54, 1.807) is 46.8 Å². The number of rotatable bonds is 8. The smallest absolute Gasteiger partial charge is 0.253 e. The van der Waals surface area contributed by atoms with Crippen LogP contribution in [0.1, 0.15) is 48.0 Å². The van der Waals surface area contributed by atoms with Crippen LogP contribution >= 0.6 is 11.3 Å². The fraction of sp³-hybridized carbons (Fsp3) is 0.417. The Morgan fingerprint density at radius 2 is 1.85 bits per heavy atom. The number of sulfone groups is 1. The molecule has 3 aromatic rings. The third kappa shape index (κ3) is 5.61. The van der Waals surface area contributed by atoms with E-state index < -0.39 is 21.9 Å². The van der Waals surface area contributed by atoms with Gasteiger partial charge in [-0.3, -0.25) is 4.79 Å². The average molecular weight is 509 g/mol. The normalized spacial score (nSPS) is 16.3. The van der Waals surface area contributed by atoms with E-state index in [-0.39, 0.29) is 29.4 Å². The van der Waals surface area contributed by atoms with Crippen LogP contribution in [0.2, 0.25) is 0 Å². The highest BCUT2D eigenvalue weighted by Gasteiger charge is 2.34. The Morgan fingerprint density at radius 1 is 1.15 bits per heavy atom. The molecule has 4 rings (SSSR count). The molecule has 0 bridgehead atoms. The van der Waals surface area contributed by atoms with Gasteiger partial charge in [0.05, 0.1) is 32.0 Å². The van der Waals surface area contributed by atoms with Crippen molar-refractivity contribution < 1.29 is 27.1 Å². The molecule has 182 valence electrons. The van der Waals surface area contributed by atoms with Gasteiger partial charge in [0.1, 0.15) is 0 Å². The predicted octanol–water partition coefficient (Wildman–Crippen LogP) is 4.67. The highest BCUT2D eigenvalue weighted by molar-refractivity contribution is 7.90. The number of piperidine rings is 1. The summed E-state index contributed by atoms with van der Waals surface area (Å²) in [6.45, 7) is 0.690. The van der Waals surface area contributed by atoms with Gasteiger partial charge in [-0.25, -0.2) is 22.2 Å². The van der Waals surface area contributed by atoms with Crippen LogP contribution < -0.4 is 0 Å². The van der Waals surface area contributed by atoms with E-state index in [0.717, 1.165) is 4.70 Å². The van der Waals surface area contributed by atoms with Crippen molar-refractivity contribution >= 4 is 37.3 Å². The van der Waals surface area contributed by atoms with Gasteiger partial charge < -0.3 is 10.0 Å². The lowest BCUT2D eigenvalue weighted by atomic mass is 9.86. The average Bonchev–Trinajstić information content (AvgIpc) is 3.28. The molecule has 0 unspecified atom stereocenters. The number of likely N-dealkylation sites (tertiary alicyclic amines) is 1. The summed E-state index contributed by atoms with van der Waals surface area (Å²) >= 11 is 1.38. The number of carbonyl (C=O) groups excluding carboxylic acids is 1. The van der Waals surface area contributed by atoms with Gasteiger partial charge in [0.15, 0.2) is 9.84 Å². The fourth-order valence-corrected chi connectivity index (χ4v) is 6.59. The maximum Gasteiger partial charge on any atom is 0.253 e. The number of fused-ring (bicyclic) bond motifs is 1. The number of hydrogen-bond donors (Lipinski definition) is 1. The van der Waals surface area contributed by atoms with Crippen molar-refractivity contribution in [3.05, 3.63) is 59.1 Å². The van der Waals surface area contributed by atoms with Gasteiger partial charge in [0.2, 0.25) is 6.43 Å². The van der Waals surface area contributed by atoms with E-state index in [2.05, 4.69) is 4.98 Å². The molecule has 0 spiro atoms. The van der Waals surface area contributed by atoms with Crippen LogP contribution in [-0.2, 0) is 15.6 Å². The topological polar surface area (TPSA) is 87.6 Å². The first-order chi connectivity index (χ1) is 16.2. The largest absolute Gasteiger partial charge is 0.390 e. The van der Waals surface area contributed by atoms with Crippen LogP contribution in [0.3, 0.4) is 0 Å². The number of alkyl halides is 2. The third-order valence-electron chi connectivity index (χ3n) is 6.26. The van der Waals surface area contributed by atoms with Crippen LogP contribution in [0, 0.1) is 0 Å². The molecule has 2 aromatic carbocycles. The minimum atomic E-state index is -3.62. The van der Waals surface area contributed by atoms with Crippen molar-refractivity contribution in [2.45, 2.75) is 54.8 Å². The standard InChI is InChI=1S/C24H26F2N2O4S2/c25-21(26)5-2-10-24(30)11-13-28(14-12-24)23(29)18-8-6-17(7-9-18)15-34(31,32)20-4-1-3-19-22(20)27-16-33-19/h1,3-4,6-9,16,21,30H,2,5,10-15H2. The Bertz CT molecular complexity index is 1250. The lowest BCUT2D eigenvalue weighted by Crippen LogP contribution is -2.46. The Hall–Kier alpha value is -2.43. The number of thiazole rings is 1. The summed E-state index contributed by atoms with van der Waals surface area (Å²) in [5, 5.41) is 10.6. The highest BCUT2D eigenvalue weighted by atomic mass is 32.2. The van der Waals surface area contributed by atoms with Crippen LogP contribution in [-0.4, -0.2) is 54.4 Å². The molecule has 6 nitrogen and oxygen atoms in total. The second-order valence-corrected chi connectivity index (χ2v) is 11.6. The first-order valence-corrected chi connectivity index (χ1v) is 13.6. The molecule has 1 amide bonds. The van der Waals surface area contributed by atoms with E-state index in [1.165, 1.54) is 11.3 Å². The number of hydrogen-bond acceptors (Lipinski definition) is 6. The van der Waals surface area contributed by atoms with E-state index in [1.807, 2.05) is 6.07 Å². The zero-order valence-corrected chi connectivity index (χ0v) is 20.1. The van der Waals surface area contributed by atoms with E-state index in [0.29, 0.717) is 49.0 Å². The second-order valence-electron chi connectivity index (χ2n) is 8.71. The van der Waals surface area contributed by atoms with Crippen molar-refractivity contribution in [1.29, 1.82) is 0 Å². The number of nitrogens with zero attached hydrogens (tertiary/aromatic N) is 2. The molecule has 1 aromatic heterocycles. The Kier molecular flexibility index (Phi) is 7.30. The third-order valence-corrected chi connectivity index (χ3v) is 8.77. The highest BCUT2D eigenvalue weighted by Crippen LogP contribution is 2.30. The number of para-hydroxylation sites is 1. The molecular weight excluding hydrogens is 482 g/mol. The monoisotopic (exact) mass is 508 g/mol. The van der Waals surface area contributed by atoms with Gasteiger partial charge in [0.25, 0.3) is 5.91 Å². The molecule has 1 fully saturated rings. The van der Waals surface area contributed by atoms with Crippen molar-refractivity contribution in [1.82, 2.24) is 9.88 Å². The number of aliphatic hydroxyl groups is 1. The molecule has 34 heavy (non-hydrogen) atoms. The molecule has 1 N–H and O–H groups in total. The summed E-state index contributed by atoms with van der Waals surface area (Å²) in [6, 6.07) is 11.6. The van der Waals surface area contributed by atoms with Crippen molar-refractivity contribution in [2.75, 3.05) is 13.1 Å². The second kappa shape index (κ2) is 10.1. The Balaban J connectivity index is 1.37. The first kappa shape index (κ1) is 24.7. The summed E-state index contributed by atoms with van der Waals surface area (Å²) in [6.07, 6.45) is -1.35. The zero-order valence-electron chi connectivity index (χ0n) is 18.5. The van der Waals surface area contributed by atoms with Crippen LogP contribution in [0.25, 0.3) is 10.2 Å². The SMILES string of the molecule is O=C(c1ccc(CS(=O)(=O)c2cccc3scnc23)cc1)N1CCC(O)(CCCC(F)F)CC1. The summed E-state index contributed by atoms with van der Waals surface area (Å²) in [7, 11) is -3.62. The maximum absolute atomic E-state index is 13.0. The van der Waals surface area contributed by atoms with E-state index in [4.69, 9.17) is 0 Å². The van der Waals surface area contributed by atoms with Gasteiger partial charge in [-0.2, -0.15) is 0 Å². The first-order valence-electron chi connectivity index (χ1n) is 11.1. The summed E-state index contributed by atoms with van der Waals surface area (Å²) < 4.78 is 51.5. The lowest BCUT2D eigenvalue weighted by Gasteiger charge is -2.38. The Labute approximate surface area is 201 Å². The van der Waals surface area contributed by atoms with Gasteiger partial charge in [-0.1, -0.05) is 18.2 Å². The molecular formula is C24H26F2N2O4S2. The van der Waals surface area contributed by atoms with Gasteiger partial charge in [-0.05, 0) is 55.5 Å². The van der Waals surface area contributed by atoms with E-state index >= 15 is 0 Å². The Morgan fingerprint density at radius 3 is 2.53 bits per heavy atom. The summed E-state index contributed by atoms with van der Waals surface area (Å²) in [4.78, 5) is 18.9. The molecule has 10 heteroatoms. The number of aromatic nitrogens is 1. The number of carbonyl (C=O) groups is 1. The molecule has 0 radical (unpaired) electrons. The molecule has 1 saturated heterocycles. The van der Waals surface area contributed by atoms with Gasteiger partial charge >= 0.3 is 0 Å². The quantitative estimate of drug-likeness (QED) is 0.478. The number of benzene rings is 2. The molecule has 1 aliphatic rings.